The summed E-state index contributed by atoms with van der Waals surface area (Å²) in [6, 6.07) is 14.2. The third-order valence-electron chi connectivity index (χ3n) is 5.74. The lowest BCUT2D eigenvalue weighted by Crippen LogP contribution is -2.40. The Hall–Kier alpha value is -3.33. The van der Waals surface area contributed by atoms with Gasteiger partial charge in [-0.05, 0) is 59.0 Å². The van der Waals surface area contributed by atoms with Crippen LogP contribution >= 0.6 is 11.8 Å². The highest BCUT2D eigenvalue weighted by molar-refractivity contribution is 7.98. The predicted octanol–water partition coefficient (Wildman–Crippen LogP) is 1.78. The molecule has 2 aromatic carbocycles. The molecule has 2 aromatic heterocycles. The number of sulfonamides is 1. The summed E-state index contributed by atoms with van der Waals surface area (Å²) in [6.45, 7) is 1.53. The number of hydrogen-bond acceptors (Lipinski definition) is 10. The van der Waals surface area contributed by atoms with Gasteiger partial charge in [-0.3, -0.25) is 0 Å². The molecule has 1 aliphatic rings. The monoisotopic (exact) mass is 528 g/mol. The van der Waals surface area contributed by atoms with Crippen molar-refractivity contribution in [2.75, 3.05) is 33.4 Å². The molecule has 0 bridgehead atoms. The summed E-state index contributed by atoms with van der Waals surface area (Å²) in [4.78, 5) is 0.246. The molecule has 188 valence electrons. The maximum absolute atomic E-state index is 12.9. The Balaban J connectivity index is 1.29. The van der Waals surface area contributed by atoms with E-state index in [9.17, 15) is 8.42 Å². The maximum Gasteiger partial charge on any atom is 0.243 e. The van der Waals surface area contributed by atoms with Crippen LogP contribution in [0.25, 0.3) is 17.1 Å². The Morgan fingerprint density at radius 3 is 2.42 bits per heavy atom. The molecule has 0 spiro atoms. The van der Waals surface area contributed by atoms with Crippen molar-refractivity contribution in [3.05, 3.63) is 54.4 Å². The Labute approximate surface area is 212 Å². The van der Waals surface area contributed by atoms with Crippen LogP contribution in [-0.4, -0.2) is 81.1 Å². The van der Waals surface area contributed by atoms with E-state index < -0.39 is 10.0 Å². The zero-order chi connectivity index (χ0) is 25.1. The van der Waals surface area contributed by atoms with Gasteiger partial charge in [0.2, 0.25) is 10.0 Å². The number of morpholine rings is 1. The second-order valence-electron chi connectivity index (χ2n) is 7.90. The summed E-state index contributed by atoms with van der Waals surface area (Å²) >= 11 is 1.45. The average Bonchev–Trinajstić information content (AvgIpc) is 3.54. The molecule has 0 amide bonds. The molecule has 1 aliphatic heterocycles. The van der Waals surface area contributed by atoms with Gasteiger partial charge in [0.1, 0.15) is 5.75 Å². The van der Waals surface area contributed by atoms with Gasteiger partial charge in [-0.15, -0.1) is 15.3 Å². The first-order chi connectivity index (χ1) is 17.5. The van der Waals surface area contributed by atoms with Gasteiger partial charge in [-0.2, -0.15) is 8.99 Å². The number of nitrogens with zero attached hydrogens (tertiary/aromatic N) is 8. The van der Waals surface area contributed by atoms with E-state index in [0.717, 1.165) is 17.0 Å². The molecule has 14 heteroatoms. The Kier molecular flexibility index (Phi) is 7.00. The van der Waals surface area contributed by atoms with E-state index in [-0.39, 0.29) is 4.90 Å². The van der Waals surface area contributed by atoms with Gasteiger partial charge in [-0.25, -0.2) is 8.42 Å². The van der Waals surface area contributed by atoms with E-state index in [0.29, 0.717) is 48.9 Å². The molecule has 4 aromatic rings. The first kappa shape index (κ1) is 24.4. The average molecular weight is 529 g/mol. The van der Waals surface area contributed by atoms with E-state index in [4.69, 9.17) is 9.47 Å². The third-order valence-corrected chi connectivity index (χ3v) is 8.67. The highest BCUT2D eigenvalue weighted by Gasteiger charge is 2.26. The molecule has 5 rings (SSSR count). The lowest BCUT2D eigenvalue weighted by atomic mass is 10.2. The van der Waals surface area contributed by atoms with Gasteiger partial charge in [0.05, 0.1) is 36.7 Å². The van der Waals surface area contributed by atoms with Crippen LogP contribution in [0.15, 0.2) is 58.6 Å². The van der Waals surface area contributed by atoms with Crippen LogP contribution in [0.5, 0.6) is 5.75 Å². The van der Waals surface area contributed by atoms with E-state index >= 15 is 0 Å². The molecule has 0 radical (unpaired) electrons. The topological polar surface area (TPSA) is 130 Å². The molecule has 0 atom stereocenters. The van der Waals surface area contributed by atoms with Crippen molar-refractivity contribution in [2.24, 2.45) is 7.05 Å². The van der Waals surface area contributed by atoms with Gasteiger partial charge < -0.3 is 14.0 Å². The lowest BCUT2D eigenvalue weighted by Gasteiger charge is -2.26. The van der Waals surface area contributed by atoms with Crippen LogP contribution < -0.4 is 4.74 Å². The summed E-state index contributed by atoms with van der Waals surface area (Å²) in [5.41, 5.74) is 1.59. The molecular weight excluding hydrogens is 504 g/mol. The SMILES string of the molecule is COc1ccc(-n2nnnc2CSc2nnc(-c3ccc(S(=O)(=O)N4CCOCC4)cc3)n2C)cc1. The van der Waals surface area contributed by atoms with E-state index in [1.54, 1.807) is 36.1 Å². The number of hydrogen-bond donors (Lipinski definition) is 0. The van der Waals surface area contributed by atoms with Crippen LogP contribution in [0.2, 0.25) is 0 Å². The highest BCUT2D eigenvalue weighted by atomic mass is 32.2. The van der Waals surface area contributed by atoms with Crippen LogP contribution in [0.4, 0.5) is 0 Å². The zero-order valence-electron chi connectivity index (χ0n) is 19.7. The first-order valence-corrected chi connectivity index (χ1v) is 13.5. The third kappa shape index (κ3) is 4.84. The largest absolute Gasteiger partial charge is 0.497 e. The standard InChI is InChI=1S/C22H24N8O4S2/c1-28-21(16-3-9-19(10-4-16)36(31,32)29-11-13-34-14-12-29)24-25-22(28)35-15-20-23-26-27-30(20)17-5-7-18(33-2)8-6-17/h3-10H,11-15H2,1-2H3. The number of methoxy groups -OCH3 is 1. The number of rotatable bonds is 8. The number of ether oxygens (including phenoxy) is 2. The fourth-order valence-electron chi connectivity index (χ4n) is 3.75. The predicted molar refractivity (Wildman–Crippen MR) is 131 cm³/mol. The smallest absolute Gasteiger partial charge is 0.243 e. The van der Waals surface area contributed by atoms with Crippen molar-refractivity contribution in [1.29, 1.82) is 0 Å². The van der Waals surface area contributed by atoms with Gasteiger partial charge in [0, 0.05) is 25.7 Å². The molecule has 36 heavy (non-hydrogen) atoms. The minimum Gasteiger partial charge on any atom is -0.497 e. The zero-order valence-corrected chi connectivity index (χ0v) is 21.3. The van der Waals surface area contributed by atoms with Crippen LogP contribution in [0, 0.1) is 0 Å². The van der Waals surface area contributed by atoms with E-state index in [1.807, 2.05) is 35.9 Å². The minimum atomic E-state index is -3.55. The second kappa shape index (κ2) is 10.3. The Bertz CT molecular complexity index is 1430. The highest BCUT2D eigenvalue weighted by Crippen LogP contribution is 2.27. The molecule has 1 fully saturated rings. The molecule has 0 N–H and O–H groups in total. The van der Waals surface area contributed by atoms with E-state index in [1.165, 1.54) is 16.1 Å². The molecule has 1 saturated heterocycles. The number of benzene rings is 2. The summed E-state index contributed by atoms with van der Waals surface area (Å²) in [5, 5.41) is 21.3. The van der Waals surface area contributed by atoms with Crippen molar-refractivity contribution < 1.29 is 17.9 Å². The van der Waals surface area contributed by atoms with Crippen LogP contribution in [0.1, 0.15) is 5.82 Å². The van der Waals surface area contributed by atoms with Crippen molar-refractivity contribution in [3.63, 3.8) is 0 Å². The summed E-state index contributed by atoms with van der Waals surface area (Å²) in [6.07, 6.45) is 0. The van der Waals surface area contributed by atoms with Crippen molar-refractivity contribution in [1.82, 2.24) is 39.3 Å². The summed E-state index contributed by atoms with van der Waals surface area (Å²) in [7, 11) is -0.0727. The number of thioether (sulfide) groups is 1. The van der Waals surface area contributed by atoms with Crippen molar-refractivity contribution in [3.8, 4) is 22.8 Å². The van der Waals surface area contributed by atoms with E-state index in [2.05, 4.69) is 25.7 Å². The van der Waals surface area contributed by atoms with Gasteiger partial charge in [-0.1, -0.05) is 11.8 Å². The molecule has 12 nitrogen and oxygen atoms in total. The molecule has 0 saturated carbocycles. The van der Waals surface area contributed by atoms with Gasteiger partial charge in [0.25, 0.3) is 0 Å². The number of aromatic nitrogens is 7. The second-order valence-corrected chi connectivity index (χ2v) is 10.8. The number of tetrazole rings is 1. The Morgan fingerprint density at radius 2 is 1.72 bits per heavy atom. The lowest BCUT2D eigenvalue weighted by molar-refractivity contribution is 0.0730. The summed E-state index contributed by atoms with van der Waals surface area (Å²) < 4.78 is 41.2. The first-order valence-electron chi connectivity index (χ1n) is 11.1. The molecule has 0 unspecified atom stereocenters. The molecular formula is C22H24N8O4S2. The van der Waals surface area contributed by atoms with Crippen LogP contribution in [0.3, 0.4) is 0 Å². The normalized spacial score (nSPS) is 14.7. The molecule has 3 heterocycles. The molecule has 0 aliphatic carbocycles. The quantitative estimate of drug-likeness (QED) is 0.312. The fourth-order valence-corrected chi connectivity index (χ4v) is 5.98. The summed E-state index contributed by atoms with van der Waals surface area (Å²) in [5.74, 6) is 2.51. The Morgan fingerprint density at radius 1 is 1.00 bits per heavy atom. The maximum atomic E-state index is 12.9. The van der Waals surface area contributed by atoms with Gasteiger partial charge >= 0.3 is 0 Å². The van der Waals surface area contributed by atoms with Crippen molar-refractivity contribution in [2.45, 2.75) is 15.8 Å². The van der Waals surface area contributed by atoms with Crippen LogP contribution in [-0.2, 0) is 27.6 Å². The van der Waals surface area contributed by atoms with Crippen molar-refractivity contribution >= 4 is 21.8 Å². The fraction of sp³-hybridized carbons (Fsp3) is 0.318. The van der Waals surface area contributed by atoms with Gasteiger partial charge in [0.15, 0.2) is 16.8 Å². The minimum absolute atomic E-state index is 0.246.